The van der Waals surface area contributed by atoms with E-state index in [4.69, 9.17) is 4.55 Å². The van der Waals surface area contributed by atoms with Gasteiger partial charge in [0.1, 0.15) is 0 Å². The highest BCUT2D eigenvalue weighted by Gasteiger charge is 2.58. The zero-order valence-electron chi connectivity index (χ0n) is 8.61. The fraction of sp³-hybridized carbons (Fsp3) is 0.714. The third kappa shape index (κ3) is 2.01. The first-order chi connectivity index (χ1) is 7.34. The fourth-order valence-corrected chi connectivity index (χ4v) is 2.19. The van der Waals surface area contributed by atoms with E-state index in [-0.39, 0.29) is 10.9 Å². The molecule has 1 aliphatic rings. The average molecular weight is 253 g/mol. The van der Waals surface area contributed by atoms with Gasteiger partial charge in [0.25, 0.3) is 5.91 Å². The molecule has 9 heteroatoms. The molecule has 1 fully saturated rings. The maximum atomic E-state index is 11.3. The van der Waals surface area contributed by atoms with Gasteiger partial charge in [-0.1, -0.05) is 0 Å². The van der Waals surface area contributed by atoms with Gasteiger partial charge in [-0.15, -0.1) is 0 Å². The number of nitrogens with zero attached hydrogens (tertiary/aromatic N) is 1. The number of β-lactam (4-membered cyclic amide) rings is 1. The third-order valence-corrected chi connectivity index (χ3v) is 2.93. The Hall–Kier alpha value is -1.19. The van der Waals surface area contributed by atoms with Crippen LogP contribution < -0.4 is 0 Å². The number of rotatable bonds is 4. The molecule has 1 saturated heterocycles. The van der Waals surface area contributed by atoms with Gasteiger partial charge in [-0.3, -0.25) is 9.35 Å². The normalized spacial score (nSPS) is 25.2. The summed E-state index contributed by atoms with van der Waals surface area (Å²) in [4.78, 5) is 22.5. The molecule has 2 unspecified atom stereocenters. The van der Waals surface area contributed by atoms with Crippen LogP contribution >= 0.6 is 0 Å². The highest BCUT2D eigenvalue weighted by molar-refractivity contribution is 7.84. The second kappa shape index (κ2) is 4.36. The number of carbonyl (C=O) groups is 2. The summed E-state index contributed by atoms with van der Waals surface area (Å²) in [5.41, 5.74) is 0. The Labute approximate surface area is 92.0 Å². The van der Waals surface area contributed by atoms with E-state index in [0.717, 1.165) is 7.11 Å². The minimum absolute atomic E-state index is 0.0271. The van der Waals surface area contributed by atoms with Crippen molar-refractivity contribution in [2.24, 2.45) is 0 Å². The van der Waals surface area contributed by atoms with Gasteiger partial charge in [-0.05, 0) is 6.92 Å². The predicted molar refractivity (Wildman–Crippen MR) is 49.6 cm³/mol. The summed E-state index contributed by atoms with van der Waals surface area (Å²) in [7, 11) is -3.62. The molecule has 0 radical (unpaired) electrons. The van der Waals surface area contributed by atoms with Crippen LogP contribution in [0.25, 0.3) is 0 Å². The van der Waals surface area contributed by atoms with E-state index < -0.39 is 34.3 Å². The first kappa shape index (κ1) is 12.9. The van der Waals surface area contributed by atoms with Gasteiger partial charge in [-0.25, -0.2) is 4.79 Å². The van der Waals surface area contributed by atoms with Crippen molar-refractivity contribution in [1.82, 2.24) is 4.31 Å². The second-order valence-electron chi connectivity index (χ2n) is 2.97. The van der Waals surface area contributed by atoms with Gasteiger partial charge in [0.2, 0.25) is 0 Å². The smallest absolute Gasteiger partial charge is 0.363 e. The molecule has 0 spiro atoms. The number of hydrogen-bond donors (Lipinski definition) is 1. The number of ether oxygens (including phenoxy) is 2. The van der Waals surface area contributed by atoms with Gasteiger partial charge in [-0.2, -0.15) is 12.7 Å². The van der Waals surface area contributed by atoms with Crippen LogP contribution in [0.1, 0.15) is 6.92 Å². The lowest BCUT2D eigenvalue weighted by Gasteiger charge is -2.40. The van der Waals surface area contributed by atoms with Crippen molar-refractivity contribution < 1.29 is 32.0 Å². The lowest BCUT2D eigenvalue weighted by atomic mass is 10.0. The zero-order valence-corrected chi connectivity index (χ0v) is 9.43. The molecular weight excluding hydrogens is 242 g/mol. The minimum Gasteiger partial charge on any atom is -0.464 e. The first-order valence-corrected chi connectivity index (χ1v) is 5.74. The van der Waals surface area contributed by atoms with Crippen molar-refractivity contribution in [2.75, 3.05) is 13.7 Å². The molecule has 1 rings (SSSR count). The standard InChI is InChI=1S/C7H11NO7S/c1-3-15-7(10)4-5(14-2)6(9)8(4)16(11,12)13/h4-5H,3H2,1-2H3,(H,11,12,13). The van der Waals surface area contributed by atoms with Crippen LogP contribution in [0.3, 0.4) is 0 Å². The average Bonchev–Trinajstić information content (AvgIpc) is 2.12. The molecule has 1 heterocycles. The number of hydrogen-bond acceptors (Lipinski definition) is 6. The second-order valence-corrected chi connectivity index (χ2v) is 4.25. The summed E-state index contributed by atoms with van der Waals surface area (Å²) < 4.78 is 39.6. The minimum atomic E-state index is -4.77. The van der Waals surface area contributed by atoms with E-state index >= 15 is 0 Å². The highest BCUT2D eigenvalue weighted by Crippen LogP contribution is 2.26. The molecule has 0 aromatic heterocycles. The summed E-state index contributed by atoms with van der Waals surface area (Å²) in [6, 6.07) is -1.45. The van der Waals surface area contributed by atoms with Gasteiger partial charge in [0, 0.05) is 7.11 Å². The van der Waals surface area contributed by atoms with E-state index in [1.807, 2.05) is 0 Å². The first-order valence-electron chi connectivity index (χ1n) is 4.34. The Kier molecular flexibility index (Phi) is 3.51. The predicted octanol–water partition coefficient (Wildman–Crippen LogP) is -1.42. The van der Waals surface area contributed by atoms with E-state index in [9.17, 15) is 18.0 Å². The Morgan fingerprint density at radius 2 is 2.12 bits per heavy atom. The van der Waals surface area contributed by atoms with Gasteiger partial charge in [0.05, 0.1) is 6.61 Å². The molecule has 2 atom stereocenters. The van der Waals surface area contributed by atoms with Crippen LogP contribution in [-0.4, -0.2) is 55.0 Å². The van der Waals surface area contributed by atoms with E-state index in [1.165, 1.54) is 6.92 Å². The topological polar surface area (TPSA) is 110 Å². The Morgan fingerprint density at radius 3 is 2.50 bits per heavy atom. The molecule has 1 N–H and O–H groups in total. The molecule has 0 saturated carbocycles. The molecule has 92 valence electrons. The van der Waals surface area contributed by atoms with Crippen molar-refractivity contribution in [3.05, 3.63) is 0 Å². The van der Waals surface area contributed by atoms with Crippen molar-refractivity contribution in [3.63, 3.8) is 0 Å². The molecule has 0 bridgehead atoms. The Balaban J connectivity index is 2.94. The van der Waals surface area contributed by atoms with E-state index in [1.54, 1.807) is 0 Å². The van der Waals surface area contributed by atoms with Crippen LogP contribution in [0.5, 0.6) is 0 Å². The van der Waals surface area contributed by atoms with Crippen LogP contribution in [0.15, 0.2) is 0 Å². The summed E-state index contributed by atoms with van der Waals surface area (Å²) in [6.45, 7) is 1.55. The zero-order chi connectivity index (χ0) is 12.5. The molecule has 16 heavy (non-hydrogen) atoms. The lowest BCUT2D eigenvalue weighted by Crippen LogP contribution is -2.70. The number of methoxy groups -OCH3 is 1. The highest BCUT2D eigenvalue weighted by atomic mass is 32.2. The molecule has 1 aliphatic heterocycles. The molecule has 0 aromatic rings. The number of amides is 1. The molecule has 8 nitrogen and oxygen atoms in total. The van der Waals surface area contributed by atoms with Crippen molar-refractivity contribution in [2.45, 2.75) is 19.1 Å². The fourth-order valence-electron chi connectivity index (χ4n) is 1.37. The quantitative estimate of drug-likeness (QED) is 0.372. The maximum absolute atomic E-state index is 11.3. The molecule has 1 amide bonds. The molecular formula is C7H11NO7S. The number of carbonyl (C=O) groups excluding carboxylic acids is 2. The van der Waals surface area contributed by atoms with Gasteiger partial charge >= 0.3 is 16.3 Å². The van der Waals surface area contributed by atoms with Crippen LogP contribution in [-0.2, 0) is 29.4 Å². The van der Waals surface area contributed by atoms with Gasteiger partial charge < -0.3 is 9.47 Å². The summed E-state index contributed by atoms with van der Waals surface area (Å²) in [5, 5.41) is 0. The Morgan fingerprint density at radius 1 is 1.56 bits per heavy atom. The van der Waals surface area contributed by atoms with Crippen LogP contribution in [0.4, 0.5) is 0 Å². The van der Waals surface area contributed by atoms with Crippen molar-refractivity contribution in [1.29, 1.82) is 0 Å². The van der Waals surface area contributed by atoms with Crippen LogP contribution in [0, 0.1) is 0 Å². The molecule has 0 aromatic carbocycles. The van der Waals surface area contributed by atoms with E-state index in [2.05, 4.69) is 9.47 Å². The van der Waals surface area contributed by atoms with Crippen molar-refractivity contribution in [3.8, 4) is 0 Å². The Bertz CT molecular complexity index is 403. The lowest BCUT2D eigenvalue weighted by molar-refractivity contribution is -0.176. The van der Waals surface area contributed by atoms with Gasteiger partial charge in [0.15, 0.2) is 12.1 Å². The molecule has 0 aliphatic carbocycles. The largest absolute Gasteiger partial charge is 0.464 e. The summed E-state index contributed by atoms with van der Waals surface area (Å²) >= 11 is 0. The van der Waals surface area contributed by atoms with E-state index in [0.29, 0.717) is 0 Å². The maximum Gasteiger partial charge on any atom is 0.363 e. The third-order valence-electron chi connectivity index (χ3n) is 2.03. The summed E-state index contributed by atoms with van der Waals surface area (Å²) in [5.74, 6) is -1.94. The van der Waals surface area contributed by atoms with Crippen LogP contribution in [0.2, 0.25) is 0 Å². The van der Waals surface area contributed by atoms with Crippen molar-refractivity contribution >= 4 is 22.2 Å². The monoisotopic (exact) mass is 253 g/mol. The SMILES string of the molecule is CCOC(=O)C1C(OC)C(=O)N1S(=O)(=O)O. The summed E-state index contributed by atoms with van der Waals surface area (Å²) in [6.07, 6.45) is -1.24. The number of esters is 1.